The van der Waals surface area contributed by atoms with Crippen molar-refractivity contribution in [2.24, 2.45) is 5.41 Å². The summed E-state index contributed by atoms with van der Waals surface area (Å²) in [6, 6.07) is 0. The summed E-state index contributed by atoms with van der Waals surface area (Å²) in [5.41, 5.74) is 5.35. The van der Waals surface area contributed by atoms with Crippen molar-refractivity contribution in [3.63, 3.8) is 0 Å². The molecule has 5 heteroatoms. The van der Waals surface area contributed by atoms with Crippen molar-refractivity contribution in [1.29, 1.82) is 0 Å². The first-order chi connectivity index (χ1) is 10.6. The van der Waals surface area contributed by atoms with Crippen LogP contribution >= 0.6 is 0 Å². The van der Waals surface area contributed by atoms with Gasteiger partial charge in [-0.1, -0.05) is 0 Å². The van der Waals surface area contributed by atoms with E-state index in [1.807, 2.05) is 0 Å². The summed E-state index contributed by atoms with van der Waals surface area (Å²) in [6.45, 7) is 11.2. The number of carbonyl (C=O) groups is 1. The summed E-state index contributed by atoms with van der Waals surface area (Å²) < 4.78 is 2.05. The van der Waals surface area contributed by atoms with Crippen LogP contribution in [-0.2, 0) is 41.1 Å². The number of fused-ring (bicyclic) bond motifs is 3. The van der Waals surface area contributed by atoms with Gasteiger partial charge in [-0.25, -0.2) is 0 Å². The van der Waals surface area contributed by atoms with Crippen molar-refractivity contribution >= 4 is 20.6 Å². The van der Waals surface area contributed by atoms with E-state index >= 15 is 0 Å². The molecule has 4 rings (SSSR count). The van der Waals surface area contributed by atoms with Crippen LogP contribution in [0.3, 0.4) is 0 Å². The van der Waals surface area contributed by atoms with Gasteiger partial charge in [0.2, 0.25) is 0 Å². The first-order valence-electron chi connectivity index (χ1n) is 7.22. The zero-order valence-corrected chi connectivity index (χ0v) is 16.1. The summed E-state index contributed by atoms with van der Waals surface area (Å²) in [5, 5.41) is 1.14. The Morgan fingerprint density at radius 3 is 2.00 bits per heavy atom. The van der Waals surface area contributed by atoms with E-state index in [0.29, 0.717) is 26.0 Å². The van der Waals surface area contributed by atoms with Gasteiger partial charge < -0.3 is 0 Å². The SMILES string of the molecule is CC1=C(C)C(C)(C)[C]([Cr])=C1C.O=C=C1[C]2=c3c(=O)c3=C1[C](=O)[Cr]2. The fraction of sp³-hybridized carbons (Fsp3) is 0.333. The molecule has 1 saturated heterocycles. The van der Waals surface area contributed by atoms with E-state index in [1.54, 1.807) is 5.94 Å². The second kappa shape index (κ2) is 5.16. The summed E-state index contributed by atoms with van der Waals surface area (Å²) >= 11 is 2.85. The van der Waals surface area contributed by atoms with Crippen LogP contribution in [0.2, 0.25) is 0 Å². The van der Waals surface area contributed by atoms with Crippen molar-refractivity contribution in [3.8, 4) is 0 Å². The van der Waals surface area contributed by atoms with Gasteiger partial charge in [-0.05, 0) is 0 Å². The molecule has 0 atom stereocenters. The van der Waals surface area contributed by atoms with E-state index in [9.17, 15) is 14.4 Å². The third-order valence-corrected chi connectivity index (χ3v) is 7.91. The van der Waals surface area contributed by atoms with Gasteiger partial charge in [0.1, 0.15) is 0 Å². The molecule has 117 valence electrons. The quantitative estimate of drug-likeness (QED) is 0.622. The predicted molar refractivity (Wildman–Crippen MR) is 80.2 cm³/mol. The van der Waals surface area contributed by atoms with E-state index < -0.39 is 0 Å². The van der Waals surface area contributed by atoms with Crippen LogP contribution in [0.5, 0.6) is 0 Å². The maximum absolute atomic E-state index is 11.2. The van der Waals surface area contributed by atoms with Gasteiger partial charge in [-0.15, -0.1) is 0 Å². The van der Waals surface area contributed by atoms with Gasteiger partial charge in [-0.2, -0.15) is 0 Å². The second-order valence-corrected chi connectivity index (χ2v) is 8.65. The number of allylic oxidation sites excluding steroid dienone is 5. The van der Waals surface area contributed by atoms with Crippen LogP contribution in [0.25, 0.3) is 10.0 Å². The number of rotatable bonds is 0. The summed E-state index contributed by atoms with van der Waals surface area (Å²) in [5.74, 6) is 1.73. The molecule has 0 amide bonds. The van der Waals surface area contributed by atoms with Gasteiger partial charge in [0, 0.05) is 0 Å². The zero-order valence-electron chi connectivity index (χ0n) is 13.5. The molecule has 0 aromatic heterocycles. The van der Waals surface area contributed by atoms with Crippen LogP contribution in [0.4, 0.5) is 0 Å². The Kier molecular flexibility index (Phi) is 3.74. The van der Waals surface area contributed by atoms with E-state index in [0.717, 1.165) is 0 Å². The molecule has 1 heterocycles. The molecule has 0 N–H and O–H groups in total. The molecule has 23 heavy (non-hydrogen) atoms. The van der Waals surface area contributed by atoms with Crippen molar-refractivity contribution in [2.45, 2.75) is 34.6 Å². The second-order valence-electron chi connectivity index (χ2n) is 6.48. The average molecular weight is 383 g/mol. The Morgan fingerprint density at radius 2 is 1.65 bits per heavy atom. The average Bonchev–Trinajstić information content (AvgIpc) is 2.87. The van der Waals surface area contributed by atoms with Crippen molar-refractivity contribution in [1.82, 2.24) is 0 Å². The van der Waals surface area contributed by atoms with Gasteiger partial charge in [0.05, 0.1) is 0 Å². The van der Waals surface area contributed by atoms with Gasteiger partial charge in [0.15, 0.2) is 0 Å². The van der Waals surface area contributed by atoms with Crippen molar-refractivity contribution in [3.05, 3.63) is 47.4 Å². The predicted octanol–water partition coefficient (Wildman–Crippen LogP) is 0.759. The standard InChI is InChI=1S/C10H15.C8O3.2Cr/c1-7-6-10(4,5)9(3)8(7)2;9-2-4-1-5-7(8(5)11)6(4)3-10;;/h1-5H3;;;. The molecule has 2 aliphatic carbocycles. The molecule has 3 nitrogen and oxygen atoms in total. The van der Waals surface area contributed by atoms with Gasteiger partial charge >= 0.3 is 149 Å². The Labute approximate surface area is 149 Å². The molecule has 0 unspecified atom stereocenters. The molecular formula is C18H15Cr2O3. The summed E-state index contributed by atoms with van der Waals surface area (Å²) in [6.07, 6.45) is 0. The first kappa shape index (κ1) is 16.7. The summed E-state index contributed by atoms with van der Waals surface area (Å²) in [7, 11) is 0. The van der Waals surface area contributed by atoms with Crippen LogP contribution in [-0.4, -0.2) is 10.6 Å². The van der Waals surface area contributed by atoms with Crippen molar-refractivity contribution in [2.75, 3.05) is 0 Å². The van der Waals surface area contributed by atoms with Gasteiger partial charge in [-0.3, -0.25) is 0 Å². The molecule has 1 aromatic rings. The molecule has 0 spiro atoms. The number of hydrogen-bond donors (Lipinski definition) is 0. The van der Waals surface area contributed by atoms with Crippen LogP contribution in [0.1, 0.15) is 34.6 Å². The molecule has 0 saturated carbocycles. The van der Waals surface area contributed by atoms with Crippen LogP contribution in [0.15, 0.2) is 31.5 Å². The Hall–Kier alpha value is -1.19. The van der Waals surface area contributed by atoms with Crippen LogP contribution < -0.4 is 15.9 Å². The molecule has 1 fully saturated rings. The Balaban J connectivity index is 0.000000137. The van der Waals surface area contributed by atoms with Gasteiger partial charge in [0.25, 0.3) is 0 Å². The Morgan fingerprint density at radius 1 is 1.04 bits per heavy atom. The minimum atomic E-state index is -0.326. The van der Waals surface area contributed by atoms with E-state index in [-0.39, 0.29) is 30.7 Å². The van der Waals surface area contributed by atoms with Crippen LogP contribution in [0, 0.1) is 5.41 Å². The summed E-state index contributed by atoms with van der Waals surface area (Å²) in [4.78, 5) is 32.5. The zero-order chi connectivity index (χ0) is 17.3. The topological polar surface area (TPSA) is 51.2 Å². The fourth-order valence-corrected chi connectivity index (χ4v) is 5.19. The number of carbonyl (C=O) groups excluding carboxylic acids is 2. The van der Waals surface area contributed by atoms with E-state index in [2.05, 4.69) is 50.9 Å². The molecule has 2 bridgehead atoms. The minimum absolute atomic E-state index is 0.0354. The number of hydrogen-bond acceptors (Lipinski definition) is 3. The maximum atomic E-state index is 11.2. The molecule has 1 aromatic carbocycles. The van der Waals surface area contributed by atoms with E-state index in [1.165, 1.54) is 21.2 Å². The molecule has 0 radical (unpaired) electrons. The normalized spacial score (nSPS) is 21.3. The van der Waals surface area contributed by atoms with Crippen molar-refractivity contribution < 1.29 is 41.1 Å². The third kappa shape index (κ3) is 2.13. The van der Waals surface area contributed by atoms with E-state index in [4.69, 9.17) is 0 Å². The third-order valence-electron chi connectivity index (χ3n) is 5.07. The molecule has 3 aliphatic rings. The molecular weight excluding hydrogens is 368 g/mol. The first-order valence-corrected chi connectivity index (χ1v) is 9.14. The fourth-order valence-electron chi connectivity index (χ4n) is 3.10. The monoisotopic (exact) mass is 383 g/mol. The Bertz CT molecular complexity index is 1010. The molecule has 1 aliphatic heterocycles.